The number of nitrogens with zero attached hydrogens (tertiary/aromatic N) is 1. The highest BCUT2D eigenvalue weighted by Crippen LogP contribution is 2.15. The monoisotopic (exact) mass is 236 g/mol. The van der Waals surface area contributed by atoms with E-state index in [1.165, 1.54) is 0 Å². The standard InChI is InChI=1S/C13H20N2O2/c1-11(10-15-6-8-16-9-7-15)17-13-4-2-12(14)3-5-13/h2-5,11H,6-10,14H2,1H3. The SMILES string of the molecule is CC(CN1CCOCC1)Oc1ccc(N)cc1. The van der Waals surface area contributed by atoms with Crippen molar-refractivity contribution in [2.75, 3.05) is 38.6 Å². The Morgan fingerprint density at radius 1 is 1.29 bits per heavy atom. The molecule has 4 heteroatoms. The number of nitrogens with two attached hydrogens (primary N) is 1. The Bertz CT molecular complexity index is 334. The highest BCUT2D eigenvalue weighted by Gasteiger charge is 2.14. The van der Waals surface area contributed by atoms with E-state index >= 15 is 0 Å². The predicted octanol–water partition coefficient (Wildman–Crippen LogP) is 1.37. The molecule has 2 N–H and O–H groups in total. The molecule has 1 fully saturated rings. The molecule has 0 aliphatic carbocycles. The third-order valence-corrected chi connectivity index (χ3v) is 2.84. The third kappa shape index (κ3) is 3.91. The zero-order valence-electron chi connectivity index (χ0n) is 10.3. The first kappa shape index (κ1) is 12.2. The van der Waals surface area contributed by atoms with E-state index in [1.807, 2.05) is 24.3 Å². The van der Waals surface area contributed by atoms with Gasteiger partial charge in [-0.25, -0.2) is 0 Å². The van der Waals surface area contributed by atoms with Crippen LogP contribution in [0, 0.1) is 0 Å². The molecule has 0 radical (unpaired) electrons. The van der Waals surface area contributed by atoms with Gasteiger partial charge in [0.05, 0.1) is 13.2 Å². The first-order valence-corrected chi connectivity index (χ1v) is 6.06. The first-order valence-electron chi connectivity index (χ1n) is 6.06. The van der Waals surface area contributed by atoms with E-state index in [9.17, 15) is 0 Å². The van der Waals surface area contributed by atoms with Gasteiger partial charge in [0.15, 0.2) is 0 Å². The Labute approximate surface area is 102 Å². The van der Waals surface area contributed by atoms with Crippen molar-refractivity contribution < 1.29 is 9.47 Å². The van der Waals surface area contributed by atoms with Crippen molar-refractivity contribution in [1.29, 1.82) is 0 Å². The Morgan fingerprint density at radius 3 is 2.59 bits per heavy atom. The summed E-state index contributed by atoms with van der Waals surface area (Å²) in [5.41, 5.74) is 6.39. The number of rotatable bonds is 4. The maximum Gasteiger partial charge on any atom is 0.119 e. The van der Waals surface area contributed by atoms with Gasteiger partial charge in [0, 0.05) is 25.3 Å². The van der Waals surface area contributed by atoms with E-state index in [1.54, 1.807) is 0 Å². The van der Waals surface area contributed by atoms with Crippen LogP contribution in [0.25, 0.3) is 0 Å². The molecule has 1 atom stereocenters. The molecule has 17 heavy (non-hydrogen) atoms. The molecule has 0 spiro atoms. The summed E-state index contributed by atoms with van der Waals surface area (Å²) in [5, 5.41) is 0. The summed E-state index contributed by atoms with van der Waals surface area (Å²) in [7, 11) is 0. The summed E-state index contributed by atoms with van der Waals surface area (Å²) in [5.74, 6) is 0.875. The molecule has 1 aromatic rings. The van der Waals surface area contributed by atoms with E-state index in [-0.39, 0.29) is 6.10 Å². The normalized spacial score (nSPS) is 18.9. The van der Waals surface area contributed by atoms with Crippen LogP contribution < -0.4 is 10.5 Å². The minimum atomic E-state index is 0.178. The molecule has 2 rings (SSSR count). The number of hydrogen-bond acceptors (Lipinski definition) is 4. The van der Waals surface area contributed by atoms with Crippen molar-refractivity contribution in [3.63, 3.8) is 0 Å². The van der Waals surface area contributed by atoms with Crippen LogP contribution in [0.3, 0.4) is 0 Å². The van der Waals surface area contributed by atoms with Crippen molar-refractivity contribution in [1.82, 2.24) is 4.90 Å². The number of anilines is 1. The molecule has 0 aromatic heterocycles. The van der Waals surface area contributed by atoms with Crippen LogP contribution in [0.2, 0.25) is 0 Å². The summed E-state index contributed by atoms with van der Waals surface area (Å²) >= 11 is 0. The summed E-state index contributed by atoms with van der Waals surface area (Å²) in [6.07, 6.45) is 0.178. The average molecular weight is 236 g/mol. The lowest BCUT2D eigenvalue weighted by Crippen LogP contribution is -2.41. The van der Waals surface area contributed by atoms with Crippen molar-refractivity contribution in [2.24, 2.45) is 0 Å². The van der Waals surface area contributed by atoms with E-state index in [4.69, 9.17) is 15.2 Å². The number of hydrogen-bond donors (Lipinski definition) is 1. The van der Waals surface area contributed by atoms with Crippen LogP contribution in [0.4, 0.5) is 5.69 Å². The maximum atomic E-state index is 5.83. The van der Waals surface area contributed by atoms with Crippen LogP contribution in [-0.4, -0.2) is 43.9 Å². The van der Waals surface area contributed by atoms with Gasteiger partial charge in [-0.1, -0.05) is 0 Å². The minimum Gasteiger partial charge on any atom is -0.489 e. The quantitative estimate of drug-likeness (QED) is 0.802. The second kappa shape index (κ2) is 5.89. The molecule has 1 aliphatic heterocycles. The molecule has 1 aromatic carbocycles. The first-order chi connectivity index (χ1) is 8.24. The fourth-order valence-electron chi connectivity index (χ4n) is 1.96. The predicted molar refractivity (Wildman–Crippen MR) is 68.2 cm³/mol. The topological polar surface area (TPSA) is 47.7 Å². The van der Waals surface area contributed by atoms with Crippen molar-refractivity contribution in [3.05, 3.63) is 24.3 Å². The number of ether oxygens (including phenoxy) is 2. The second-order valence-corrected chi connectivity index (χ2v) is 4.41. The van der Waals surface area contributed by atoms with E-state index in [0.717, 1.165) is 44.3 Å². The molecule has 94 valence electrons. The lowest BCUT2D eigenvalue weighted by atomic mass is 10.3. The van der Waals surface area contributed by atoms with Gasteiger partial charge in [0.2, 0.25) is 0 Å². The lowest BCUT2D eigenvalue weighted by Gasteiger charge is -2.29. The zero-order chi connectivity index (χ0) is 12.1. The fourth-order valence-corrected chi connectivity index (χ4v) is 1.96. The molecule has 0 amide bonds. The van der Waals surface area contributed by atoms with Gasteiger partial charge in [-0.05, 0) is 31.2 Å². The van der Waals surface area contributed by atoms with E-state index < -0.39 is 0 Å². The summed E-state index contributed by atoms with van der Waals surface area (Å²) in [6, 6.07) is 7.53. The molecule has 0 saturated carbocycles. The average Bonchev–Trinajstić information content (AvgIpc) is 2.33. The summed E-state index contributed by atoms with van der Waals surface area (Å²) in [6.45, 7) is 6.67. The summed E-state index contributed by atoms with van der Waals surface area (Å²) < 4.78 is 11.2. The highest BCUT2D eigenvalue weighted by molar-refractivity contribution is 5.41. The summed E-state index contributed by atoms with van der Waals surface area (Å²) in [4.78, 5) is 2.37. The van der Waals surface area contributed by atoms with Crippen LogP contribution in [0.15, 0.2) is 24.3 Å². The number of morpholine rings is 1. The van der Waals surface area contributed by atoms with Gasteiger partial charge >= 0.3 is 0 Å². The Morgan fingerprint density at radius 2 is 1.94 bits per heavy atom. The molecular formula is C13H20N2O2. The largest absolute Gasteiger partial charge is 0.489 e. The van der Waals surface area contributed by atoms with E-state index in [2.05, 4.69) is 11.8 Å². The van der Waals surface area contributed by atoms with Gasteiger partial charge in [-0.3, -0.25) is 4.90 Å². The molecule has 4 nitrogen and oxygen atoms in total. The van der Waals surface area contributed by atoms with Crippen LogP contribution in [-0.2, 0) is 4.74 Å². The number of benzene rings is 1. The molecule has 0 bridgehead atoms. The smallest absolute Gasteiger partial charge is 0.119 e. The van der Waals surface area contributed by atoms with Gasteiger partial charge in [0.1, 0.15) is 11.9 Å². The minimum absolute atomic E-state index is 0.178. The molecular weight excluding hydrogens is 216 g/mol. The van der Waals surface area contributed by atoms with Gasteiger partial charge in [0.25, 0.3) is 0 Å². The van der Waals surface area contributed by atoms with Crippen molar-refractivity contribution >= 4 is 5.69 Å². The molecule has 1 unspecified atom stereocenters. The highest BCUT2D eigenvalue weighted by atomic mass is 16.5. The third-order valence-electron chi connectivity index (χ3n) is 2.84. The van der Waals surface area contributed by atoms with Crippen molar-refractivity contribution in [2.45, 2.75) is 13.0 Å². The van der Waals surface area contributed by atoms with Crippen LogP contribution >= 0.6 is 0 Å². The lowest BCUT2D eigenvalue weighted by molar-refractivity contribution is 0.0219. The fraction of sp³-hybridized carbons (Fsp3) is 0.538. The molecule has 1 aliphatic rings. The Balaban J connectivity index is 1.79. The number of nitrogen functional groups attached to an aromatic ring is 1. The van der Waals surface area contributed by atoms with Crippen LogP contribution in [0.1, 0.15) is 6.92 Å². The zero-order valence-corrected chi connectivity index (χ0v) is 10.3. The maximum absolute atomic E-state index is 5.83. The van der Waals surface area contributed by atoms with Gasteiger partial charge < -0.3 is 15.2 Å². The van der Waals surface area contributed by atoms with Crippen molar-refractivity contribution in [3.8, 4) is 5.75 Å². The Hall–Kier alpha value is -1.26. The molecule has 1 heterocycles. The van der Waals surface area contributed by atoms with Crippen LogP contribution in [0.5, 0.6) is 5.75 Å². The van der Waals surface area contributed by atoms with E-state index in [0.29, 0.717) is 0 Å². The van der Waals surface area contributed by atoms with Gasteiger partial charge in [-0.2, -0.15) is 0 Å². The Kier molecular flexibility index (Phi) is 4.23. The molecule has 1 saturated heterocycles. The van der Waals surface area contributed by atoms with Gasteiger partial charge in [-0.15, -0.1) is 0 Å². The second-order valence-electron chi connectivity index (χ2n) is 4.41.